The Morgan fingerprint density at radius 2 is 1.75 bits per heavy atom. The number of anilines is 1. The van der Waals surface area contributed by atoms with Crippen LogP contribution in [0.25, 0.3) is 5.69 Å². The Labute approximate surface area is 164 Å². The largest absolute Gasteiger partial charge is 0.508 e. The quantitative estimate of drug-likeness (QED) is 0.815. The van der Waals surface area contributed by atoms with Gasteiger partial charge in [-0.15, -0.1) is 5.10 Å². The Morgan fingerprint density at radius 3 is 2.29 bits per heavy atom. The van der Waals surface area contributed by atoms with Gasteiger partial charge in [0.2, 0.25) is 5.91 Å². The Kier molecular flexibility index (Phi) is 5.72. The van der Waals surface area contributed by atoms with E-state index in [1.807, 2.05) is 13.8 Å². The van der Waals surface area contributed by atoms with Gasteiger partial charge in [0.1, 0.15) is 11.3 Å². The maximum atomic E-state index is 13.3. The van der Waals surface area contributed by atoms with E-state index in [1.54, 1.807) is 12.1 Å². The summed E-state index contributed by atoms with van der Waals surface area (Å²) in [7, 11) is 0. The zero-order valence-electron chi connectivity index (χ0n) is 16.5. The van der Waals surface area contributed by atoms with Crippen LogP contribution in [0.1, 0.15) is 56.8 Å². The highest BCUT2D eigenvalue weighted by Crippen LogP contribution is 2.32. The number of phenols is 1. The first kappa shape index (κ1) is 19.9. The number of rotatable bonds is 5. The second-order valence-corrected chi connectivity index (χ2v) is 7.89. The zero-order chi connectivity index (χ0) is 20.4. The van der Waals surface area contributed by atoms with Crippen LogP contribution < -0.4 is 4.90 Å². The molecule has 1 saturated carbocycles. The third kappa shape index (κ3) is 4.03. The summed E-state index contributed by atoms with van der Waals surface area (Å²) in [6.07, 6.45) is 5.08. The molecule has 7 heteroatoms. The molecule has 0 atom stereocenters. The van der Waals surface area contributed by atoms with Gasteiger partial charge >= 0.3 is 5.97 Å². The molecular formula is C21H27N3O4. The van der Waals surface area contributed by atoms with Crippen LogP contribution in [0, 0.1) is 11.8 Å². The van der Waals surface area contributed by atoms with E-state index < -0.39 is 5.97 Å². The molecule has 1 fully saturated rings. The minimum absolute atomic E-state index is 0.0145. The van der Waals surface area contributed by atoms with E-state index in [1.165, 1.54) is 27.9 Å². The minimum Gasteiger partial charge on any atom is -0.508 e. The van der Waals surface area contributed by atoms with Crippen molar-refractivity contribution >= 4 is 17.7 Å². The molecule has 0 saturated heterocycles. The van der Waals surface area contributed by atoms with Crippen LogP contribution in [0.4, 0.5) is 5.82 Å². The summed E-state index contributed by atoms with van der Waals surface area (Å²) >= 11 is 0. The molecule has 0 radical (unpaired) electrons. The maximum Gasteiger partial charge on any atom is 0.341 e. The molecule has 0 aliphatic heterocycles. The van der Waals surface area contributed by atoms with Gasteiger partial charge in [0.25, 0.3) is 0 Å². The number of amides is 1. The molecule has 1 amide bonds. The fourth-order valence-electron chi connectivity index (χ4n) is 3.74. The molecule has 1 aliphatic rings. The highest BCUT2D eigenvalue weighted by Gasteiger charge is 2.34. The van der Waals surface area contributed by atoms with E-state index in [0.717, 1.165) is 25.7 Å². The number of carbonyl (C=O) groups excluding carboxylic acids is 1. The van der Waals surface area contributed by atoms with Gasteiger partial charge in [-0.2, -0.15) is 0 Å². The molecule has 7 nitrogen and oxygen atoms in total. The second-order valence-electron chi connectivity index (χ2n) is 7.89. The number of aromatic hydroxyl groups is 1. The lowest BCUT2D eigenvalue weighted by molar-refractivity contribution is -0.123. The van der Waals surface area contributed by atoms with Crippen molar-refractivity contribution in [2.24, 2.45) is 11.8 Å². The van der Waals surface area contributed by atoms with Crippen molar-refractivity contribution in [3.05, 3.63) is 36.0 Å². The molecule has 1 aliphatic carbocycles. The Hall–Kier alpha value is -2.83. The molecular weight excluding hydrogens is 358 g/mol. The molecule has 0 spiro atoms. The lowest BCUT2D eigenvalue weighted by atomic mass is 9.82. The van der Waals surface area contributed by atoms with Crippen molar-refractivity contribution in [2.75, 3.05) is 4.90 Å². The summed E-state index contributed by atoms with van der Waals surface area (Å²) in [6.45, 7) is 5.94. The van der Waals surface area contributed by atoms with E-state index in [0.29, 0.717) is 11.6 Å². The molecule has 1 aromatic heterocycles. The Balaban J connectivity index is 1.99. The summed E-state index contributed by atoms with van der Waals surface area (Å²) in [6, 6.07) is 6.08. The second kappa shape index (κ2) is 8.04. The van der Waals surface area contributed by atoms with Gasteiger partial charge in [-0.25, -0.2) is 9.48 Å². The third-order valence-corrected chi connectivity index (χ3v) is 5.39. The van der Waals surface area contributed by atoms with E-state index in [-0.39, 0.29) is 35.0 Å². The normalized spacial score (nSPS) is 19.6. The average molecular weight is 385 g/mol. The monoisotopic (exact) mass is 385 g/mol. The molecule has 2 aromatic rings. The fraction of sp³-hybridized carbons (Fsp3) is 0.476. The summed E-state index contributed by atoms with van der Waals surface area (Å²) < 4.78 is 1.43. The van der Waals surface area contributed by atoms with Crippen LogP contribution >= 0.6 is 0 Å². The van der Waals surface area contributed by atoms with Crippen LogP contribution in [0.5, 0.6) is 5.75 Å². The summed E-state index contributed by atoms with van der Waals surface area (Å²) in [5.74, 6) is -0.380. The van der Waals surface area contributed by atoms with Gasteiger partial charge < -0.3 is 10.2 Å². The van der Waals surface area contributed by atoms with Gasteiger partial charge in [-0.3, -0.25) is 9.69 Å². The first-order valence-corrected chi connectivity index (χ1v) is 9.73. The molecule has 28 heavy (non-hydrogen) atoms. The first-order valence-electron chi connectivity index (χ1n) is 9.73. The van der Waals surface area contributed by atoms with Crippen molar-refractivity contribution in [1.82, 2.24) is 9.78 Å². The van der Waals surface area contributed by atoms with Crippen LogP contribution in [0.2, 0.25) is 0 Å². The highest BCUT2D eigenvalue weighted by molar-refractivity contribution is 6.01. The number of carbonyl (C=O) groups is 2. The number of hydrogen-bond acceptors (Lipinski definition) is 4. The van der Waals surface area contributed by atoms with Gasteiger partial charge in [0.15, 0.2) is 5.82 Å². The number of aromatic nitrogens is 2. The van der Waals surface area contributed by atoms with Crippen molar-refractivity contribution in [1.29, 1.82) is 0 Å². The van der Waals surface area contributed by atoms with Crippen LogP contribution in [0.15, 0.2) is 30.5 Å². The number of hydrogen-bond donors (Lipinski definition) is 2. The average Bonchev–Trinajstić information content (AvgIpc) is 3.07. The molecule has 0 bridgehead atoms. The molecule has 3 rings (SSSR count). The number of nitrogens with zero attached hydrogens (tertiary/aromatic N) is 3. The molecule has 150 valence electrons. The summed E-state index contributed by atoms with van der Waals surface area (Å²) in [5, 5.41) is 23.6. The smallest absolute Gasteiger partial charge is 0.341 e. The number of aromatic carboxylic acids is 1. The molecule has 0 unspecified atom stereocenters. The number of phenolic OH excluding ortho intramolecular Hbond substituents is 1. The number of benzene rings is 1. The fourth-order valence-corrected chi connectivity index (χ4v) is 3.74. The predicted molar refractivity (Wildman–Crippen MR) is 106 cm³/mol. The van der Waals surface area contributed by atoms with Gasteiger partial charge in [-0.1, -0.05) is 6.92 Å². The summed E-state index contributed by atoms with van der Waals surface area (Å²) in [5.41, 5.74) is 0.591. The van der Waals surface area contributed by atoms with Gasteiger partial charge in [-0.05, 0) is 69.7 Å². The van der Waals surface area contributed by atoms with Crippen molar-refractivity contribution in [3.8, 4) is 11.4 Å². The maximum absolute atomic E-state index is 13.3. The number of carboxylic acids is 1. The Bertz CT molecular complexity index is 849. The number of carboxylic acid groups (broad SMARTS) is 1. The van der Waals surface area contributed by atoms with Crippen molar-refractivity contribution < 1.29 is 19.8 Å². The standard InChI is InChI=1S/C21H27N3O4/c1-13(2)24(20(26)15-6-4-14(3)5-7-15)19-18(21(27)28)12-23(22-19)16-8-10-17(25)11-9-16/h8-15,25H,4-7H2,1-3H3,(H,27,28)/t14-,15-. The van der Waals surface area contributed by atoms with Crippen molar-refractivity contribution in [3.63, 3.8) is 0 Å². The van der Waals surface area contributed by atoms with Gasteiger partial charge in [0, 0.05) is 18.2 Å². The van der Waals surface area contributed by atoms with Crippen LogP contribution in [0.3, 0.4) is 0 Å². The zero-order valence-corrected chi connectivity index (χ0v) is 16.5. The molecule has 1 aromatic carbocycles. The van der Waals surface area contributed by atoms with Crippen LogP contribution in [-0.2, 0) is 4.79 Å². The van der Waals surface area contributed by atoms with E-state index >= 15 is 0 Å². The van der Waals surface area contributed by atoms with Crippen molar-refractivity contribution in [2.45, 2.75) is 52.5 Å². The SMILES string of the molecule is CC(C)N(c1nn(-c2ccc(O)cc2)cc1C(=O)O)C(=O)[C@H]1CC[C@H](C)CC1. The minimum atomic E-state index is -1.13. The summed E-state index contributed by atoms with van der Waals surface area (Å²) in [4.78, 5) is 26.6. The predicted octanol–water partition coefficient (Wildman–Crippen LogP) is 3.84. The van der Waals surface area contributed by atoms with E-state index in [9.17, 15) is 19.8 Å². The van der Waals surface area contributed by atoms with E-state index in [4.69, 9.17) is 0 Å². The van der Waals surface area contributed by atoms with Gasteiger partial charge in [0.05, 0.1) is 5.69 Å². The van der Waals surface area contributed by atoms with Crippen LogP contribution in [-0.4, -0.2) is 37.9 Å². The lowest BCUT2D eigenvalue weighted by Crippen LogP contribution is -2.43. The Morgan fingerprint density at radius 1 is 1.14 bits per heavy atom. The third-order valence-electron chi connectivity index (χ3n) is 5.39. The highest BCUT2D eigenvalue weighted by atomic mass is 16.4. The lowest BCUT2D eigenvalue weighted by Gasteiger charge is -2.32. The van der Waals surface area contributed by atoms with E-state index in [2.05, 4.69) is 12.0 Å². The topological polar surface area (TPSA) is 95.7 Å². The molecule has 2 N–H and O–H groups in total. The first-order chi connectivity index (χ1) is 13.3. The molecule has 1 heterocycles.